The van der Waals surface area contributed by atoms with Crippen LogP contribution in [0.4, 0.5) is 0 Å². The molecule has 184 valence electrons. The summed E-state index contributed by atoms with van der Waals surface area (Å²) in [7, 11) is 4.66. The number of carbonyl (C=O) groups excluding carboxylic acids is 2. The Morgan fingerprint density at radius 1 is 1.00 bits per heavy atom. The maximum absolute atomic E-state index is 13.6. The van der Waals surface area contributed by atoms with Crippen LogP contribution in [0.25, 0.3) is 0 Å². The van der Waals surface area contributed by atoms with Crippen LogP contribution in [-0.2, 0) is 14.3 Å². The van der Waals surface area contributed by atoms with Gasteiger partial charge in [-0.05, 0) is 62.1 Å². The third-order valence-corrected chi connectivity index (χ3v) is 7.19. The molecule has 1 fully saturated rings. The third-order valence-electron chi connectivity index (χ3n) is 7.19. The van der Waals surface area contributed by atoms with Crippen LogP contribution in [0, 0.1) is 11.3 Å². The van der Waals surface area contributed by atoms with Crippen molar-refractivity contribution in [2.75, 3.05) is 21.3 Å². The van der Waals surface area contributed by atoms with Gasteiger partial charge in [0.15, 0.2) is 17.3 Å². The number of Topliss-reactive ketones (excluding diaryl/α,β-unsaturated/α-hetero) is 1. The molecule has 4 rings (SSSR count). The minimum Gasteiger partial charge on any atom is -0.493 e. The number of ether oxygens (including phenoxy) is 4. The van der Waals surface area contributed by atoms with Gasteiger partial charge in [0.05, 0.1) is 21.3 Å². The fourth-order valence-corrected chi connectivity index (χ4v) is 5.64. The highest BCUT2D eigenvalue weighted by atomic mass is 16.5. The van der Waals surface area contributed by atoms with Gasteiger partial charge in [0, 0.05) is 29.3 Å². The molecule has 1 aromatic carbocycles. The molecular weight excluding hydrogens is 434 g/mol. The standard InChI is InChI=1S/C27H35NO6/c1-15-22(26(30)34-17-9-7-8-10-17)23(24-18(28-15)13-27(2,3)14-19(24)29)16-11-20(31-4)25(33-6)21(12-16)32-5/h11-12,17,22-23H,7-10,13-14H2,1-6H3/t22?,23-/m0/s1. The summed E-state index contributed by atoms with van der Waals surface area (Å²) >= 11 is 0. The number of allylic oxidation sites excluding steroid dienone is 2. The first-order valence-corrected chi connectivity index (χ1v) is 12.0. The van der Waals surface area contributed by atoms with Crippen molar-refractivity contribution in [3.63, 3.8) is 0 Å². The molecule has 2 aliphatic carbocycles. The van der Waals surface area contributed by atoms with Crippen LogP contribution in [0.2, 0.25) is 0 Å². The van der Waals surface area contributed by atoms with E-state index in [2.05, 4.69) is 13.8 Å². The molecule has 0 radical (unpaired) electrons. The summed E-state index contributed by atoms with van der Waals surface area (Å²) in [5, 5.41) is 0. The zero-order chi connectivity index (χ0) is 24.6. The predicted molar refractivity (Wildman–Crippen MR) is 129 cm³/mol. The number of benzene rings is 1. The van der Waals surface area contributed by atoms with E-state index in [0.29, 0.717) is 41.4 Å². The van der Waals surface area contributed by atoms with E-state index in [0.717, 1.165) is 36.9 Å². The summed E-state index contributed by atoms with van der Waals surface area (Å²) in [6.07, 6.45) is 4.90. The second kappa shape index (κ2) is 9.43. The van der Waals surface area contributed by atoms with E-state index in [1.165, 1.54) is 0 Å². The molecule has 2 atom stereocenters. The summed E-state index contributed by atoms with van der Waals surface area (Å²) in [5.74, 6) is -0.0938. The second-order valence-electron chi connectivity index (χ2n) is 10.3. The molecule has 0 aromatic heterocycles. The van der Waals surface area contributed by atoms with Gasteiger partial charge in [-0.3, -0.25) is 14.6 Å². The number of esters is 1. The van der Waals surface area contributed by atoms with Crippen molar-refractivity contribution in [3.05, 3.63) is 29.0 Å². The number of nitrogens with zero attached hydrogens (tertiary/aromatic N) is 1. The molecule has 1 saturated carbocycles. The first kappa shape index (κ1) is 24.3. The van der Waals surface area contributed by atoms with Crippen molar-refractivity contribution in [1.29, 1.82) is 0 Å². The van der Waals surface area contributed by atoms with E-state index in [9.17, 15) is 9.59 Å². The summed E-state index contributed by atoms with van der Waals surface area (Å²) in [4.78, 5) is 31.9. The zero-order valence-electron chi connectivity index (χ0n) is 21.0. The SMILES string of the molecule is COc1cc([C@@H]2C3=C(CC(C)(C)CC3=O)N=C(C)C2C(=O)OC2CCCC2)cc(OC)c1OC. The Balaban J connectivity index is 1.86. The number of hydrogen-bond acceptors (Lipinski definition) is 7. The minimum absolute atomic E-state index is 0.0277. The maximum Gasteiger partial charge on any atom is 0.315 e. The summed E-state index contributed by atoms with van der Waals surface area (Å²) in [6.45, 7) is 6.02. The van der Waals surface area contributed by atoms with Gasteiger partial charge in [-0.2, -0.15) is 0 Å². The smallest absolute Gasteiger partial charge is 0.315 e. The summed E-state index contributed by atoms with van der Waals surface area (Å²) < 4.78 is 22.6. The Kier molecular flexibility index (Phi) is 6.74. The normalized spacial score (nSPS) is 24.4. The van der Waals surface area contributed by atoms with Gasteiger partial charge in [-0.15, -0.1) is 0 Å². The van der Waals surface area contributed by atoms with Gasteiger partial charge in [0.2, 0.25) is 5.75 Å². The van der Waals surface area contributed by atoms with Crippen molar-refractivity contribution in [2.45, 2.75) is 71.3 Å². The van der Waals surface area contributed by atoms with Gasteiger partial charge >= 0.3 is 5.97 Å². The van der Waals surface area contributed by atoms with Gasteiger partial charge in [-0.25, -0.2) is 0 Å². The van der Waals surface area contributed by atoms with Crippen LogP contribution >= 0.6 is 0 Å². The first-order chi connectivity index (χ1) is 16.2. The molecule has 7 heteroatoms. The zero-order valence-corrected chi connectivity index (χ0v) is 21.0. The molecule has 1 aromatic rings. The Hall–Kier alpha value is -2.83. The van der Waals surface area contributed by atoms with Crippen LogP contribution in [0.1, 0.15) is 70.8 Å². The molecule has 1 unspecified atom stereocenters. The number of hydrogen-bond donors (Lipinski definition) is 0. The van der Waals surface area contributed by atoms with Gasteiger partial charge < -0.3 is 18.9 Å². The highest BCUT2D eigenvalue weighted by molar-refractivity contribution is 6.09. The fourth-order valence-electron chi connectivity index (χ4n) is 5.64. The minimum atomic E-state index is -0.688. The van der Waals surface area contributed by atoms with Crippen molar-refractivity contribution < 1.29 is 28.5 Å². The molecule has 0 saturated heterocycles. The number of rotatable bonds is 6. The highest BCUT2D eigenvalue weighted by Crippen LogP contribution is 2.50. The number of aliphatic imine (C=N–C) groups is 1. The lowest BCUT2D eigenvalue weighted by Gasteiger charge is -2.39. The highest BCUT2D eigenvalue weighted by Gasteiger charge is 2.47. The molecule has 0 spiro atoms. The van der Waals surface area contributed by atoms with Crippen molar-refractivity contribution >= 4 is 17.5 Å². The largest absolute Gasteiger partial charge is 0.493 e. The average molecular weight is 470 g/mol. The second-order valence-corrected chi connectivity index (χ2v) is 10.3. The molecule has 0 amide bonds. The fraction of sp³-hybridized carbons (Fsp3) is 0.593. The Morgan fingerprint density at radius 3 is 2.18 bits per heavy atom. The first-order valence-electron chi connectivity index (χ1n) is 12.0. The number of ketones is 1. The molecule has 7 nitrogen and oxygen atoms in total. The lowest BCUT2D eigenvalue weighted by Crippen LogP contribution is -2.40. The summed E-state index contributed by atoms with van der Waals surface area (Å²) in [6, 6.07) is 3.66. The van der Waals surface area contributed by atoms with Crippen molar-refractivity contribution in [2.24, 2.45) is 16.3 Å². The number of carbonyl (C=O) groups is 2. The van der Waals surface area contributed by atoms with Crippen LogP contribution < -0.4 is 14.2 Å². The van der Waals surface area contributed by atoms with Crippen LogP contribution in [0.3, 0.4) is 0 Å². The molecule has 3 aliphatic rings. The molecular formula is C27H35NO6. The van der Waals surface area contributed by atoms with Gasteiger partial charge in [0.25, 0.3) is 0 Å². The van der Waals surface area contributed by atoms with E-state index in [1.54, 1.807) is 21.3 Å². The topological polar surface area (TPSA) is 83.4 Å². The molecule has 0 N–H and O–H groups in total. The molecule has 34 heavy (non-hydrogen) atoms. The molecule has 1 aliphatic heterocycles. The maximum atomic E-state index is 13.6. The average Bonchev–Trinajstić information content (AvgIpc) is 3.28. The van der Waals surface area contributed by atoms with E-state index in [-0.39, 0.29) is 23.3 Å². The lowest BCUT2D eigenvalue weighted by molar-refractivity contribution is -0.151. The van der Waals surface area contributed by atoms with E-state index in [1.807, 2.05) is 19.1 Å². The van der Waals surface area contributed by atoms with Crippen LogP contribution in [-0.4, -0.2) is 44.9 Å². The van der Waals surface area contributed by atoms with Crippen molar-refractivity contribution in [3.8, 4) is 17.2 Å². The van der Waals surface area contributed by atoms with E-state index in [4.69, 9.17) is 23.9 Å². The quantitative estimate of drug-likeness (QED) is 0.544. The van der Waals surface area contributed by atoms with E-state index >= 15 is 0 Å². The monoisotopic (exact) mass is 469 g/mol. The lowest BCUT2D eigenvalue weighted by atomic mass is 9.67. The number of methoxy groups -OCH3 is 3. The Labute approximate surface area is 201 Å². The van der Waals surface area contributed by atoms with Gasteiger partial charge in [0.1, 0.15) is 12.0 Å². The van der Waals surface area contributed by atoms with Crippen LogP contribution in [0.15, 0.2) is 28.4 Å². The van der Waals surface area contributed by atoms with Crippen LogP contribution in [0.5, 0.6) is 17.2 Å². The summed E-state index contributed by atoms with van der Waals surface area (Å²) in [5.41, 5.74) is 2.61. The molecule has 0 bridgehead atoms. The third kappa shape index (κ3) is 4.44. The predicted octanol–water partition coefficient (Wildman–Crippen LogP) is 5.02. The Bertz CT molecular complexity index is 1020. The van der Waals surface area contributed by atoms with Gasteiger partial charge in [-0.1, -0.05) is 13.8 Å². The molecule has 1 heterocycles. The van der Waals surface area contributed by atoms with E-state index < -0.39 is 11.8 Å². The Morgan fingerprint density at radius 2 is 1.62 bits per heavy atom. The van der Waals surface area contributed by atoms with Crippen molar-refractivity contribution in [1.82, 2.24) is 0 Å².